The van der Waals surface area contributed by atoms with Gasteiger partial charge in [-0.15, -0.1) is 0 Å². The van der Waals surface area contributed by atoms with Crippen LogP contribution in [0.1, 0.15) is 39.4 Å². The van der Waals surface area contributed by atoms with E-state index in [9.17, 15) is 9.90 Å². The second-order valence-corrected chi connectivity index (χ2v) is 6.96. The van der Waals surface area contributed by atoms with Gasteiger partial charge in [-0.25, -0.2) is 0 Å². The molecule has 2 N–H and O–H groups in total. The first-order valence-corrected chi connectivity index (χ1v) is 7.00. The van der Waals surface area contributed by atoms with E-state index in [4.69, 9.17) is 4.74 Å². The summed E-state index contributed by atoms with van der Waals surface area (Å²) < 4.78 is 5.33. The molecule has 1 unspecified atom stereocenters. The third-order valence-electron chi connectivity index (χ3n) is 5.43. The maximum Gasteiger partial charge on any atom is 0.262 e. The van der Waals surface area contributed by atoms with Gasteiger partial charge in [0.1, 0.15) is 5.75 Å². The molecule has 0 saturated heterocycles. The molecule has 1 heterocycles. The highest BCUT2D eigenvalue weighted by molar-refractivity contribution is 5.95. The van der Waals surface area contributed by atoms with Gasteiger partial charge in [0.15, 0.2) is 6.61 Å². The van der Waals surface area contributed by atoms with Gasteiger partial charge in [0.2, 0.25) is 0 Å². The topological polar surface area (TPSA) is 58.6 Å². The van der Waals surface area contributed by atoms with Crippen molar-refractivity contribution in [2.75, 3.05) is 11.9 Å². The van der Waals surface area contributed by atoms with E-state index < -0.39 is 6.10 Å². The minimum atomic E-state index is -0.524. The van der Waals surface area contributed by atoms with Gasteiger partial charge in [0.05, 0.1) is 11.8 Å². The Balaban J connectivity index is 1.89. The second kappa shape index (κ2) is 3.98. The Kier molecular flexibility index (Phi) is 2.67. The lowest BCUT2D eigenvalue weighted by Crippen LogP contribution is -2.25. The predicted molar refractivity (Wildman–Crippen MR) is 76.6 cm³/mol. The van der Waals surface area contributed by atoms with Crippen LogP contribution in [0.5, 0.6) is 5.75 Å². The van der Waals surface area contributed by atoms with Crippen LogP contribution in [0.15, 0.2) is 18.2 Å². The van der Waals surface area contributed by atoms with E-state index >= 15 is 0 Å². The van der Waals surface area contributed by atoms with E-state index in [1.807, 2.05) is 18.2 Å². The zero-order valence-electron chi connectivity index (χ0n) is 12.4. The van der Waals surface area contributed by atoms with E-state index in [0.717, 1.165) is 5.56 Å². The van der Waals surface area contributed by atoms with Gasteiger partial charge in [0.25, 0.3) is 5.91 Å². The molecule has 108 valence electrons. The van der Waals surface area contributed by atoms with Crippen molar-refractivity contribution >= 4 is 11.6 Å². The number of ether oxygens (including phenoxy) is 1. The van der Waals surface area contributed by atoms with Crippen LogP contribution in [0.3, 0.4) is 0 Å². The number of rotatable bonds is 2. The molecule has 1 fully saturated rings. The summed E-state index contributed by atoms with van der Waals surface area (Å²) in [6.07, 6.45) is -0.524. The number of hydrogen-bond acceptors (Lipinski definition) is 3. The molecule has 1 aromatic carbocycles. The summed E-state index contributed by atoms with van der Waals surface area (Å²) >= 11 is 0. The van der Waals surface area contributed by atoms with Crippen LogP contribution in [-0.2, 0) is 4.79 Å². The van der Waals surface area contributed by atoms with Gasteiger partial charge in [-0.05, 0) is 28.5 Å². The van der Waals surface area contributed by atoms with Gasteiger partial charge < -0.3 is 15.2 Å². The lowest BCUT2D eigenvalue weighted by Gasteiger charge is -2.20. The average Bonchev–Trinajstić information content (AvgIpc) is 2.78. The van der Waals surface area contributed by atoms with Crippen LogP contribution in [0.25, 0.3) is 0 Å². The van der Waals surface area contributed by atoms with Crippen LogP contribution >= 0.6 is 0 Å². The van der Waals surface area contributed by atoms with Gasteiger partial charge in [-0.2, -0.15) is 0 Å². The Bertz CT molecular complexity index is 563. The first-order chi connectivity index (χ1) is 9.25. The molecule has 1 amide bonds. The highest BCUT2D eigenvalue weighted by Gasteiger charge is 2.67. The van der Waals surface area contributed by atoms with E-state index in [1.54, 1.807) is 0 Å². The number of aliphatic hydroxyl groups excluding tert-OH is 1. The summed E-state index contributed by atoms with van der Waals surface area (Å²) in [5.41, 5.74) is 1.71. The number of hydrogen-bond donors (Lipinski definition) is 2. The number of carbonyl (C=O) groups excluding carboxylic acids is 1. The van der Waals surface area contributed by atoms with Crippen LogP contribution in [-0.4, -0.2) is 17.6 Å². The second-order valence-electron chi connectivity index (χ2n) is 6.96. The van der Waals surface area contributed by atoms with Crippen molar-refractivity contribution in [2.45, 2.75) is 33.8 Å². The molecule has 20 heavy (non-hydrogen) atoms. The number of amides is 1. The average molecular weight is 275 g/mol. The van der Waals surface area contributed by atoms with Crippen molar-refractivity contribution in [3.63, 3.8) is 0 Å². The van der Waals surface area contributed by atoms with E-state index in [1.165, 1.54) is 0 Å². The molecule has 4 nitrogen and oxygen atoms in total. The van der Waals surface area contributed by atoms with Gasteiger partial charge >= 0.3 is 0 Å². The van der Waals surface area contributed by atoms with Crippen molar-refractivity contribution in [3.05, 3.63) is 23.8 Å². The van der Waals surface area contributed by atoms with E-state index in [0.29, 0.717) is 11.4 Å². The number of anilines is 1. The van der Waals surface area contributed by atoms with Crippen molar-refractivity contribution < 1.29 is 14.6 Å². The minimum Gasteiger partial charge on any atom is -0.482 e. The summed E-state index contributed by atoms with van der Waals surface area (Å²) in [5.74, 6) is 0.722. The maximum atomic E-state index is 11.4. The molecular formula is C16H21NO3. The SMILES string of the molecule is CC1(C)C(C(O)c2ccc3c(c2)NC(=O)CO3)C1(C)C. The first-order valence-electron chi connectivity index (χ1n) is 7.00. The van der Waals surface area contributed by atoms with Crippen LogP contribution in [0.4, 0.5) is 5.69 Å². The minimum absolute atomic E-state index is 0.0532. The largest absolute Gasteiger partial charge is 0.482 e. The normalized spacial score (nSPS) is 24.4. The molecule has 1 aliphatic heterocycles. The van der Waals surface area contributed by atoms with E-state index in [2.05, 4.69) is 33.0 Å². The molecule has 1 saturated carbocycles. The van der Waals surface area contributed by atoms with Crippen molar-refractivity contribution in [1.82, 2.24) is 0 Å². The molecule has 1 atom stereocenters. The standard InChI is InChI=1S/C16H21NO3/c1-15(2)14(16(15,3)4)13(19)9-5-6-11-10(7-9)17-12(18)8-20-11/h5-7,13-14,19H,8H2,1-4H3,(H,17,18). The molecule has 0 aromatic heterocycles. The van der Waals surface area contributed by atoms with Gasteiger partial charge in [0, 0.05) is 5.92 Å². The van der Waals surface area contributed by atoms with Crippen molar-refractivity contribution in [2.24, 2.45) is 16.7 Å². The van der Waals surface area contributed by atoms with Crippen molar-refractivity contribution in [3.8, 4) is 5.75 Å². The zero-order valence-corrected chi connectivity index (χ0v) is 12.4. The van der Waals surface area contributed by atoms with Crippen molar-refractivity contribution in [1.29, 1.82) is 0 Å². The summed E-state index contributed by atoms with van der Waals surface area (Å²) in [6, 6.07) is 5.52. The maximum absolute atomic E-state index is 11.4. The lowest BCUT2D eigenvalue weighted by molar-refractivity contribution is -0.118. The van der Waals surface area contributed by atoms with Gasteiger partial charge in [-0.3, -0.25) is 4.79 Å². The third-order valence-corrected chi connectivity index (χ3v) is 5.43. The number of fused-ring (bicyclic) bond motifs is 1. The molecule has 0 bridgehead atoms. The molecular weight excluding hydrogens is 254 g/mol. The van der Waals surface area contributed by atoms with Gasteiger partial charge in [-0.1, -0.05) is 33.8 Å². The molecule has 0 radical (unpaired) electrons. The number of benzene rings is 1. The molecule has 0 spiro atoms. The Hall–Kier alpha value is -1.55. The molecule has 4 heteroatoms. The number of nitrogens with one attached hydrogen (secondary N) is 1. The fourth-order valence-corrected chi connectivity index (χ4v) is 3.51. The Labute approximate surface area is 119 Å². The van der Waals surface area contributed by atoms with Crippen LogP contribution < -0.4 is 10.1 Å². The fraction of sp³-hybridized carbons (Fsp3) is 0.562. The lowest BCUT2D eigenvalue weighted by atomic mass is 9.98. The Morgan fingerprint density at radius 1 is 1.30 bits per heavy atom. The number of aliphatic hydroxyl groups is 1. The Morgan fingerprint density at radius 2 is 1.95 bits per heavy atom. The first kappa shape index (κ1) is 13.4. The predicted octanol–water partition coefficient (Wildman–Crippen LogP) is 2.73. The summed E-state index contributed by atoms with van der Waals surface area (Å²) in [7, 11) is 0. The number of carbonyl (C=O) groups is 1. The fourth-order valence-electron chi connectivity index (χ4n) is 3.51. The summed E-state index contributed by atoms with van der Waals surface area (Å²) in [6.45, 7) is 8.79. The summed E-state index contributed by atoms with van der Waals surface area (Å²) in [4.78, 5) is 11.4. The van der Waals surface area contributed by atoms with Crippen LogP contribution in [0.2, 0.25) is 0 Å². The third kappa shape index (κ3) is 1.74. The quantitative estimate of drug-likeness (QED) is 0.872. The van der Waals surface area contributed by atoms with E-state index in [-0.39, 0.29) is 29.3 Å². The smallest absolute Gasteiger partial charge is 0.262 e. The van der Waals surface area contributed by atoms with Crippen LogP contribution in [0, 0.1) is 16.7 Å². The molecule has 1 aliphatic carbocycles. The zero-order chi connectivity index (χ0) is 14.7. The monoisotopic (exact) mass is 275 g/mol. The Morgan fingerprint density at radius 3 is 2.55 bits per heavy atom. The highest BCUT2D eigenvalue weighted by atomic mass is 16.5. The molecule has 3 rings (SSSR count). The summed E-state index contributed by atoms with van der Waals surface area (Å²) in [5, 5.41) is 13.4. The highest BCUT2D eigenvalue weighted by Crippen LogP contribution is 2.72. The molecule has 2 aliphatic rings. The molecule has 1 aromatic rings.